The second kappa shape index (κ2) is 5.17. The average Bonchev–Trinajstić information content (AvgIpc) is 2.51. The summed E-state index contributed by atoms with van der Waals surface area (Å²) in [5.41, 5.74) is 9.53. The molecule has 100 valence electrons. The summed E-state index contributed by atoms with van der Waals surface area (Å²) in [6.07, 6.45) is 3.48. The molecule has 2 aromatic heterocycles. The van der Waals surface area contributed by atoms with Crippen LogP contribution in [0.4, 0.5) is 11.4 Å². The van der Waals surface area contributed by atoms with Crippen molar-refractivity contribution in [1.82, 2.24) is 9.97 Å². The number of anilines is 2. The quantitative estimate of drug-likeness (QED) is 0.761. The maximum atomic E-state index is 6.07. The second-order valence-corrected chi connectivity index (χ2v) is 4.73. The van der Waals surface area contributed by atoms with Gasteiger partial charge in [0.15, 0.2) is 0 Å². The van der Waals surface area contributed by atoms with E-state index >= 15 is 0 Å². The number of nitrogens with two attached hydrogens (primary N) is 1. The highest BCUT2D eigenvalue weighted by Gasteiger charge is 2.11. The standard InChI is InChI=1S/C16H16N4/c1-11(14-7-4-5-9-18-14)20-16-12-6-2-3-8-15(12)19-10-13(16)17/h2-11H,17H2,1H3,(H,19,20). The number of hydrogen-bond acceptors (Lipinski definition) is 4. The summed E-state index contributed by atoms with van der Waals surface area (Å²) in [4.78, 5) is 8.71. The van der Waals surface area contributed by atoms with Crippen molar-refractivity contribution in [2.45, 2.75) is 13.0 Å². The Balaban J connectivity index is 2.00. The third kappa shape index (κ3) is 2.28. The number of rotatable bonds is 3. The van der Waals surface area contributed by atoms with Crippen molar-refractivity contribution in [1.29, 1.82) is 0 Å². The van der Waals surface area contributed by atoms with Crippen molar-refractivity contribution in [3.05, 3.63) is 60.6 Å². The van der Waals surface area contributed by atoms with Crippen LogP contribution in [0.15, 0.2) is 54.9 Å². The molecular formula is C16H16N4. The molecule has 3 rings (SSSR count). The first kappa shape index (κ1) is 12.4. The second-order valence-electron chi connectivity index (χ2n) is 4.73. The van der Waals surface area contributed by atoms with E-state index in [1.807, 2.05) is 42.5 Å². The number of fused-ring (bicyclic) bond motifs is 1. The number of hydrogen-bond donors (Lipinski definition) is 2. The van der Waals surface area contributed by atoms with Crippen molar-refractivity contribution in [2.24, 2.45) is 0 Å². The zero-order valence-electron chi connectivity index (χ0n) is 11.2. The monoisotopic (exact) mass is 264 g/mol. The van der Waals surface area contributed by atoms with Gasteiger partial charge in [-0.3, -0.25) is 9.97 Å². The summed E-state index contributed by atoms with van der Waals surface area (Å²) in [7, 11) is 0. The number of benzene rings is 1. The molecule has 0 amide bonds. The highest BCUT2D eigenvalue weighted by molar-refractivity contribution is 5.96. The number of nitrogens with one attached hydrogen (secondary N) is 1. The van der Waals surface area contributed by atoms with E-state index in [1.165, 1.54) is 0 Å². The molecule has 0 bridgehead atoms. The third-order valence-electron chi connectivity index (χ3n) is 3.30. The van der Waals surface area contributed by atoms with Gasteiger partial charge in [0.2, 0.25) is 0 Å². The minimum absolute atomic E-state index is 0.0734. The zero-order valence-corrected chi connectivity index (χ0v) is 11.2. The van der Waals surface area contributed by atoms with Gasteiger partial charge >= 0.3 is 0 Å². The van der Waals surface area contributed by atoms with E-state index in [-0.39, 0.29) is 6.04 Å². The van der Waals surface area contributed by atoms with Gasteiger partial charge in [0, 0.05) is 11.6 Å². The SMILES string of the molecule is CC(Nc1c(N)cnc2ccccc12)c1ccccn1. The molecule has 1 unspecified atom stereocenters. The highest BCUT2D eigenvalue weighted by Crippen LogP contribution is 2.30. The minimum Gasteiger partial charge on any atom is -0.396 e. The van der Waals surface area contributed by atoms with Crippen molar-refractivity contribution >= 4 is 22.3 Å². The molecule has 0 aliphatic carbocycles. The summed E-state index contributed by atoms with van der Waals surface area (Å²) < 4.78 is 0. The molecular weight excluding hydrogens is 248 g/mol. The van der Waals surface area contributed by atoms with Gasteiger partial charge in [0.1, 0.15) is 0 Å². The first-order valence-electron chi connectivity index (χ1n) is 6.56. The Morgan fingerprint density at radius 1 is 1.05 bits per heavy atom. The fraction of sp³-hybridized carbons (Fsp3) is 0.125. The molecule has 0 fully saturated rings. The van der Waals surface area contributed by atoms with Crippen molar-refractivity contribution in [3.63, 3.8) is 0 Å². The predicted octanol–water partition coefficient (Wildman–Crippen LogP) is 3.39. The van der Waals surface area contributed by atoms with Crippen LogP contribution < -0.4 is 11.1 Å². The van der Waals surface area contributed by atoms with Crippen molar-refractivity contribution in [2.75, 3.05) is 11.1 Å². The van der Waals surface area contributed by atoms with Crippen LogP contribution in [0.25, 0.3) is 10.9 Å². The van der Waals surface area contributed by atoms with E-state index in [0.29, 0.717) is 5.69 Å². The highest BCUT2D eigenvalue weighted by atomic mass is 15.0. The Kier molecular flexibility index (Phi) is 3.21. The Hall–Kier alpha value is -2.62. The molecule has 1 atom stereocenters. The van der Waals surface area contributed by atoms with Crippen LogP contribution in [0.5, 0.6) is 0 Å². The Morgan fingerprint density at radius 3 is 2.65 bits per heavy atom. The summed E-state index contributed by atoms with van der Waals surface area (Å²) in [5.74, 6) is 0. The molecule has 1 aromatic carbocycles. The molecule has 4 heteroatoms. The lowest BCUT2D eigenvalue weighted by Crippen LogP contribution is -2.10. The number of aromatic nitrogens is 2. The average molecular weight is 264 g/mol. The molecule has 3 N–H and O–H groups in total. The lowest BCUT2D eigenvalue weighted by atomic mass is 10.1. The zero-order chi connectivity index (χ0) is 13.9. The lowest BCUT2D eigenvalue weighted by molar-refractivity contribution is 0.841. The van der Waals surface area contributed by atoms with Crippen LogP contribution in [0.1, 0.15) is 18.7 Å². The molecule has 0 spiro atoms. The first-order valence-corrected chi connectivity index (χ1v) is 6.56. The van der Waals surface area contributed by atoms with E-state index in [4.69, 9.17) is 5.73 Å². The summed E-state index contributed by atoms with van der Waals surface area (Å²) in [6, 6.07) is 13.9. The van der Waals surface area contributed by atoms with Crippen LogP contribution in [-0.2, 0) is 0 Å². The van der Waals surface area contributed by atoms with Gasteiger partial charge in [0.05, 0.1) is 34.8 Å². The summed E-state index contributed by atoms with van der Waals surface area (Å²) >= 11 is 0. The topological polar surface area (TPSA) is 63.8 Å². The van der Waals surface area contributed by atoms with Gasteiger partial charge in [-0.15, -0.1) is 0 Å². The largest absolute Gasteiger partial charge is 0.396 e. The van der Waals surface area contributed by atoms with Gasteiger partial charge in [-0.2, -0.15) is 0 Å². The number of pyridine rings is 2. The van der Waals surface area contributed by atoms with E-state index in [1.54, 1.807) is 12.4 Å². The lowest BCUT2D eigenvalue weighted by Gasteiger charge is -2.17. The number of para-hydroxylation sites is 1. The normalized spacial score (nSPS) is 12.2. The molecule has 4 nitrogen and oxygen atoms in total. The van der Waals surface area contributed by atoms with Crippen LogP contribution in [0.2, 0.25) is 0 Å². The molecule has 20 heavy (non-hydrogen) atoms. The van der Waals surface area contributed by atoms with Crippen LogP contribution in [-0.4, -0.2) is 9.97 Å². The van der Waals surface area contributed by atoms with Gasteiger partial charge in [0.25, 0.3) is 0 Å². The van der Waals surface area contributed by atoms with Gasteiger partial charge in [-0.25, -0.2) is 0 Å². The molecule has 3 aromatic rings. The minimum atomic E-state index is 0.0734. The Morgan fingerprint density at radius 2 is 1.85 bits per heavy atom. The first-order chi connectivity index (χ1) is 9.75. The van der Waals surface area contributed by atoms with Crippen molar-refractivity contribution in [3.8, 4) is 0 Å². The molecule has 0 saturated heterocycles. The third-order valence-corrected chi connectivity index (χ3v) is 3.30. The predicted molar refractivity (Wildman–Crippen MR) is 82.4 cm³/mol. The molecule has 0 radical (unpaired) electrons. The fourth-order valence-corrected chi connectivity index (χ4v) is 2.24. The van der Waals surface area contributed by atoms with Gasteiger partial charge < -0.3 is 11.1 Å². The Bertz CT molecular complexity index is 725. The van der Waals surface area contributed by atoms with Crippen LogP contribution >= 0.6 is 0 Å². The van der Waals surface area contributed by atoms with Gasteiger partial charge in [-0.05, 0) is 25.1 Å². The Labute approximate surface area is 117 Å². The van der Waals surface area contributed by atoms with E-state index in [2.05, 4.69) is 22.2 Å². The summed E-state index contributed by atoms with van der Waals surface area (Å²) in [5, 5.41) is 4.47. The van der Waals surface area contributed by atoms with Gasteiger partial charge in [-0.1, -0.05) is 24.3 Å². The van der Waals surface area contributed by atoms with Crippen LogP contribution in [0, 0.1) is 0 Å². The number of nitrogens with zero attached hydrogens (tertiary/aromatic N) is 2. The molecule has 2 heterocycles. The van der Waals surface area contributed by atoms with E-state index < -0.39 is 0 Å². The molecule has 0 aliphatic heterocycles. The van der Waals surface area contributed by atoms with Crippen molar-refractivity contribution < 1.29 is 0 Å². The molecule has 0 saturated carbocycles. The fourth-order valence-electron chi connectivity index (χ4n) is 2.24. The molecule has 0 aliphatic rings. The van der Waals surface area contributed by atoms with E-state index in [0.717, 1.165) is 22.3 Å². The van der Waals surface area contributed by atoms with Crippen LogP contribution in [0.3, 0.4) is 0 Å². The summed E-state index contributed by atoms with van der Waals surface area (Å²) in [6.45, 7) is 2.07. The maximum absolute atomic E-state index is 6.07. The smallest absolute Gasteiger partial charge is 0.0743 e. The maximum Gasteiger partial charge on any atom is 0.0743 e. The number of nitrogen functional groups attached to an aromatic ring is 1. The van der Waals surface area contributed by atoms with E-state index in [9.17, 15) is 0 Å².